The Bertz CT molecular complexity index is 602. The number of hydrogen-bond acceptors (Lipinski definition) is 4. The summed E-state index contributed by atoms with van der Waals surface area (Å²) in [7, 11) is 0. The van der Waals surface area contributed by atoms with Crippen molar-refractivity contribution in [2.24, 2.45) is 5.41 Å². The summed E-state index contributed by atoms with van der Waals surface area (Å²) < 4.78 is 6.75. The minimum absolute atomic E-state index is 0.494. The van der Waals surface area contributed by atoms with Crippen LogP contribution in [0, 0.1) is 5.41 Å². The van der Waals surface area contributed by atoms with Crippen LogP contribution in [0.25, 0.3) is 10.2 Å². The van der Waals surface area contributed by atoms with Gasteiger partial charge in [0.1, 0.15) is 5.75 Å². The number of aromatic nitrogens is 1. The summed E-state index contributed by atoms with van der Waals surface area (Å²) in [4.78, 5) is 4.69. The van der Waals surface area contributed by atoms with Crippen molar-refractivity contribution in [1.82, 2.24) is 4.98 Å². The van der Waals surface area contributed by atoms with E-state index in [0.717, 1.165) is 22.9 Å². The second kappa shape index (κ2) is 6.22. The molecule has 1 aliphatic rings. The molecular formula is C17H24N2OS. The Hall–Kier alpha value is -1.29. The Morgan fingerprint density at radius 3 is 2.81 bits per heavy atom. The molecule has 1 aromatic carbocycles. The lowest BCUT2D eigenvalue weighted by Gasteiger charge is -2.27. The zero-order chi connectivity index (χ0) is 14.7. The highest BCUT2D eigenvalue weighted by molar-refractivity contribution is 7.22. The lowest BCUT2D eigenvalue weighted by Crippen LogP contribution is -2.25. The van der Waals surface area contributed by atoms with Gasteiger partial charge < -0.3 is 10.1 Å². The maximum atomic E-state index is 5.56. The van der Waals surface area contributed by atoms with Gasteiger partial charge in [-0.3, -0.25) is 0 Å². The van der Waals surface area contributed by atoms with Gasteiger partial charge in [-0.25, -0.2) is 4.98 Å². The normalized spacial score (nSPS) is 17.2. The smallest absolute Gasteiger partial charge is 0.183 e. The van der Waals surface area contributed by atoms with E-state index in [9.17, 15) is 0 Å². The van der Waals surface area contributed by atoms with Gasteiger partial charge in [0.25, 0.3) is 0 Å². The van der Waals surface area contributed by atoms with Crippen molar-refractivity contribution in [2.45, 2.75) is 46.0 Å². The first-order valence-electron chi connectivity index (χ1n) is 8.02. The van der Waals surface area contributed by atoms with Gasteiger partial charge in [0.15, 0.2) is 5.13 Å². The monoisotopic (exact) mass is 304 g/mol. The van der Waals surface area contributed by atoms with Gasteiger partial charge in [-0.05, 0) is 49.8 Å². The number of anilines is 1. The Balaban J connectivity index is 1.72. The van der Waals surface area contributed by atoms with E-state index in [2.05, 4.69) is 18.3 Å². The van der Waals surface area contributed by atoms with Crippen LogP contribution in [0.5, 0.6) is 5.75 Å². The van der Waals surface area contributed by atoms with Crippen LogP contribution in [0.1, 0.15) is 46.0 Å². The van der Waals surface area contributed by atoms with E-state index in [1.165, 1.54) is 36.8 Å². The summed E-state index contributed by atoms with van der Waals surface area (Å²) in [5.74, 6) is 0.932. The summed E-state index contributed by atoms with van der Waals surface area (Å²) in [6.07, 6.45) is 6.74. The second-order valence-corrected chi connectivity index (χ2v) is 7.03. The average molecular weight is 304 g/mol. The third-order valence-corrected chi connectivity index (χ3v) is 5.68. The number of hydrogen-bond donors (Lipinski definition) is 1. The minimum atomic E-state index is 0.494. The van der Waals surface area contributed by atoms with Crippen molar-refractivity contribution in [3.63, 3.8) is 0 Å². The molecule has 0 amide bonds. The van der Waals surface area contributed by atoms with Gasteiger partial charge in [-0.2, -0.15) is 0 Å². The summed E-state index contributed by atoms with van der Waals surface area (Å²) in [5, 5.41) is 4.63. The Morgan fingerprint density at radius 2 is 2.10 bits per heavy atom. The topological polar surface area (TPSA) is 34.1 Å². The predicted molar refractivity (Wildman–Crippen MR) is 90.5 cm³/mol. The van der Waals surface area contributed by atoms with E-state index in [0.29, 0.717) is 12.0 Å². The van der Waals surface area contributed by atoms with E-state index in [4.69, 9.17) is 9.72 Å². The molecule has 0 unspecified atom stereocenters. The van der Waals surface area contributed by atoms with Crippen LogP contribution in [0.3, 0.4) is 0 Å². The predicted octanol–water partition coefficient (Wildman–Crippen LogP) is 5.08. The number of rotatable bonds is 6. The summed E-state index contributed by atoms with van der Waals surface area (Å²) in [5.41, 5.74) is 1.55. The van der Waals surface area contributed by atoms with Crippen molar-refractivity contribution < 1.29 is 4.74 Å². The van der Waals surface area contributed by atoms with Crippen molar-refractivity contribution in [3.05, 3.63) is 18.2 Å². The van der Waals surface area contributed by atoms with Gasteiger partial charge >= 0.3 is 0 Å². The lowest BCUT2D eigenvalue weighted by molar-refractivity contribution is 0.307. The molecule has 0 radical (unpaired) electrons. The fourth-order valence-corrected chi connectivity index (χ4v) is 4.17. The SMILES string of the molecule is CCOc1ccc2nc(NCC3(CC)CCCC3)sc2c1. The van der Waals surface area contributed by atoms with Gasteiger partial charge in [0.05, 0.1) is 16.8 Å². The minimum Gasteiger partial charge on any atom is -0.494 e. The molecule has 0 aliphatic heterocycles. The van der Waals surface area contributed by atoms with Crippen LogP contribution >= 0.6 is 11.3 Å². The van der Waals surface area contributed by atoms with Crippen LogP contribution in [-0.4, -0.2) is 18.1 Å². The highest BCUT2D eigenvalue weighted by Gasteiger charge is 2.31. The standard InChI is InChI=1S/C17H24N2OS/c1-3-17(9-5-6-10-17)12-18-16-19-14-8-7-13(20-4-2)11-15(14)21-16/h7-8,11H,3-6,9-10,12H2,1-2H3,(H,18,19). The van der Waals surface area contributed by atoms with Crippen LogP contribution < -0.4 is 10.1 Å². The molecule has 0 bridgehead atoms. The molecule has 3 nitrogen and oxygen atoms in total. The van der Waals surface area contributed by atoms with Crippen molar-refractivity contribution >= 4 is 26.7 Å². The quantitative estimate of drug-likeness (QED) is 0.808. The molecule has 1 saturated carbocycles. The average Bonchev–Trinajstić information content (AvgIpc) is 3.12. The molecule has 3 rings (SSSR count). The fourth-order valence-electron chi connectivity index (χ4n) is 3.28. The summed E-state index contributed by atoms with van der Waals surface area (Å²) in [6, 6.07) is 6.14. The third kappa shape index (κ3) is 3.15. The van der Waals surface area contributed by atoms with Gasteiger partial charge in [0, 0.05) is 6.54 Å². The van der Waals surface area contributed by atoms with E-state index < -0.39 is 0 Å². The molecule has 1 aromatic heterocycles. The third-order valence-electron chi connectivity index (χ3n) is 4.70. The maximum Gasteiger partial charge on any atom is 0.183 e. The highest BCUT2D eigenvalue weighted by Crippen LogP contribution is 2.41. The van der Waals surface area contributed by atoms with Gasteiger partial charge in [-0.1, -0.05) is 31.1 Å². The zero-order valence-corrected chi connectivity index (χ0v) is 13.8. The van der Waals surface area contributed by atoms with Gasteiger partial charge in [-0.15, -0.1) is 0 Å². The van der Waals surface area contributed by atoms with Gasteiger partial charge in [0.2, 0.25) is 0 Å². The molecule has 114 valence electrons. The Morgan fingerprint density at radius 1 is 1.29 bits per heavy atom. The molecule has 21 heavy (non-hydrogen) atoms. The first-order valence-corrected chi connectivity index (χ1v) is 8.83. The first kappa shape index (κ1) is 14.6. The molecule has 1 aliphatic carbocycles. The summed E-state index contributed by atoms with van der Waals surface area (Å²) >= 11 is 1.73. The summed E-state index contributed by atoms with van der Waals surface area (Å²) in [6.45, 7) is 6.09. The molecule has 1 heterocycles. The number of nitrogens with zero attached hydrogens (tertiary/aromatic N) is 1. The van der Waals surface area contributed by atoms with E-state index in [1.807, 2.05) is 19.1 Å². The lowest BCUT2D eigenvalue weighted by atomic mass is 9.83. The number of ether oxygens (including phenoxy) is 1. The van der Waals surface area contributed by atoms with Crippen molar-refractivity contribution in [3.8, 4) is 5.75 Å². The molecule has 0 saturated heterocycles. The molecule has 0 spiro atoms. The Labute approximate surface area is 130 Å². The molecule has 1 fully saturated rings. The van der Waals surface area contributed by atoms with E-state index in [1.54, 1.807) is 11.3 Å². The number of fused-ring (bicyclic) bond motifs is 1. The van der Waals surface area contributed by atoms with Crippen LogP contribution in [0.4, 0.5) is 5.13 Å². The number of benzene rings is 1. The largest absolute Gasteiger partial charge is 0.494 e. The number of nitrogens with one attached hydrogen (secondary N) is 1. The first-order chi connectivity index (χ1) is 10.2. The van der Waals surface area contributed by atoms with Crippen LogP contribution in [0.2, 0.25) is 0 Å². The molecule has 1 N–H and O–H groups in total. The molecule has 4 heteroatoms. The number of thiazole rings is 1. The maximum absolute atomic E-state index is 5.56. The van der Waals surface area contributed by atoms with Crippen molar-refractivity contribution in [1.29, 1.82) is 0 Å². The van der Waals surface area contributed by atoms with Crippen LogP contribution in [-0.2, 0) is 0 Å². The Kier molecular flexibility index (Phi) is 4.34. The van der Waals surface area contributed by atoms with Crippen LogP contribution in [0.15, 0.2) is 18.2 Å². The second-order valence-electron chi connectivity index (χ2n) is 6.00. The van der Waals surface area contributed by atoms with E-state index >= 15 is 0 Å². The fraction of sp³-hybridized carbons (Fsp3) is 0.588. The zero-order valence-electron chi connectivity index (χ0n) is 12.9. The molecule has 2 aromatic rings. The highest BCUT2D eigenvalue weighted by atomic mass is 32.1. The van der Waals surface area contributed by atoms with Crippen molar-refractivity contribution in [2.75, 3.05) is 18.5 Å². The molecular weight excluding hydrogens is 280 g/mol. The van der Waals surface area contributed by atoms with E-state index in [-0.39, 0.29) is 0 Å². The molecule has 0 atom stereocenters.